The minimum absolute atomic E-state index is 0.0173. The molecule has 1 rings (SSSR count). The molecule has 0 amide bonds. The molecule has 0 radical (unpaired) electrons. The van der Waals surface area contributed by atoms with Crippen LogP contribution < -0.4 is 10.0 Å². The monoisotopic (exact) mass is 182 g/mol. The van der Waals surface area contributed by atoms with Gasteiger partial charge in [0.25, 0.3) is 0 Å². The summed E-state index contributed by atoms with van der Waals surface area (Å²) in [5, 5.41) is 0.719. The van der Waals surface area contributed by atoms with Crippen molar-refractivity contribution in [1.82, 2.24) is 0 Å². The van der Waals surface area contributed by atoms with E-state index in [1.54, 1.807) is 6.07 Å². The highest BCUT2D eigenvalue weighted by Gasteiger charge is 2.04. The zero-order chi connectivity index (χ0) is 8.97. The lowest BCUT2D eigenvalue weighted by Gasteiger charge is -2.07. The first-order valence-electron chi connectivity index (χ1n) is 3.85. The number of hydrogen-bond donors (Lipinski definition) is 0. The Morgan fingerprint density at radius 3 is 2.83 bits per heavy atom. The minimum atomic E-state index is 0.0173. The van der Waals surface area contributed by atoms with Crippen LogP contribution in [0.3, 0.4) is 0 Å². The predicted molar refractivity (Wildman–Crippen MR) is 49.6 cm³/mol. The normalized spacial score (nSPS) is 10.2. The van der Waals surface area contributed by atoms with E-state index in [2.05, 4.69) is 0 Å². The third kappa shape index (κ3) is 1.83. The van der Waals surface area contributed by atoms with Crippen molar-refractivity contribution >= 4 is 13.8 Å². The Morgan fingerprint density at radius 1 is 1.50 bits per heavy atom. The molecule has 0 fully saturated rings. The molecule has 3 heteroatoms. The molecule has 64 valence electrons. The molecule has 1 aromatic carbocycles. The SMILES string of the molecule is CCOc1c(C)cccc1P=O. The van der Waals surface area contributed by atoms with Crippen molar-refractivity contribution in [3.8, 4) is 5.75 Å². The second-order valence-corrected chi connectivity index (χ2v) is 3.11. The van der Waals surface area contributed by atoms with E-state index in [0.29, 0.717) is 6.61 Å². The zero-order valence-electron chi connectivity index (χ0n) is 7.20. The Hall–Kier alpha value is -0.880. The average molecular weight is 182 g/mol. The molecule has 1 aromatic rings. The predicted octanol–water partition coefficient (Wildman–Crippen LogP) is 2.31. The molecule has 0 unspecified atom stereocenters. The molecule has 12 heavy (non-hydrogen) atoms. The summed E-state index contributed by atoms with van der Waals surface area (Å²) in [7, 11) is 0.0173. The van der Waals surface area contributed by atoms with Gasteiger partial charge in [-0.2, -0.15) is 0 Å². The van der Waals surface area contributed by atoms with Gasteiger partial charge < -0.3 is 4.74 Å². The Balaban J connectivity index is 3.10. The molecule has 0 saturated heterocycles. The van der Waals surface area contributed by atoms with E-state index in [9.17, 15) is 4.57 Å². The van der Waals surface area contributed by atoms with Gasteiger partial charge in [-0.1, -0.05) is 12.1 Å². The second-order valence-electron chi connectivity index (χ2n) is 2.45. The largest absolute Gasteiger partial charge is 0.492 e. The summed E-state index contributed by atoms with van der Waals surface area (Å²) in [5.74, 6) is 0.747. The fourth-order valence-corrected chi connectivity index (χ4v) is 1.51. The maximum Gasteiger partial charge on any atom is 0.196 e. The third-order valence-corrected chi connectivity index (χ3v) is 2.13. The van der Waals surface area contributed by atoms with Crippen molar-refractivity contribution < 1.29 is 9.30 Å². The molecule has 0 spiro atoms. The smallest absolute Gasteiger partial charge is 0.196 e. The second kappa shape index (κ2) is 4.22. The van der Waals surface area contributed by atoms with E-state index < -0.39 is 0 Å². The molecular formula is C9H11O2P. The highest BCUT2D eigenvalue weighted by Crippen LogP contribution is 2.18. The van der Waals surface area contributed by atoms with Gasteiger partial charge in [-0.05, 0) is 25.5 Å². The van der Waals surface area contributed by atoms with E-state index in [1.165, 1.54) is 0 Å². The summed E-state index contributed by atoms with van der Waals surface area (Å²) in [4.78, 5) is 0. The van der Waals surface area contributed by atoms with Gasteiger partial charge in [0.1, 0.15) is 5.75 Å². The van der Waals surface area contributed by atoms with E-state index in [-0.39, 0.29) is 8.46 Å². The summed E-state index contributed by atoms with van der Waals surface area (Å²) in [6.45, 7) is 4.46. The summed E-state index contributed by atoms with van der Waals surface area (Å²) in [6, 6.07) is 5.62. The Bertz CT molecular complexity index is 284. The highest BCUT2D eigenvalue weighted by molar-refractivity contribution is 7.34. The Kier molecular flexibility index (Phi) is 3.24. The van der Waals surface area contributed by atoms with Gasteiger partial charge in [0.05, 0.1) is 11.9 Å². The van der Waals surface area contributed by atoms with Crippen LogP contribution in [-0.4, -0.2) is 6.61 Å². The molecule has 0 saturated carbocycles. The van der Waals surface area contributed by atoms with Gasteiger partial charge >= 0.3 is 0 Å². The number of hydrogen-bond acceptors (Lipinski definition) is 2. The van der Waals surface area contributed by atoms with Crippen LogP contribution in [0.4, 0.5) is 0 Å². The molecule has 0 aliphatic carbocycles. The zero-order valence-corrected chi connectivity index (χ0v) is 8.10. The molecule has 0 aliphatic rings. The lowest BCUT2D eigenvalue weighted by molar-refractivity contribution is 0.340. The van der Waals surface area contributed by atoms with Crippen LogP contribution in [0.1, 0.15) is 12.5 Å². The van der Waals surface area contributed by atoms with E-state index in [4.69, 9.17) is 4.74 Å². The van der Waals surface area contributed by atoms with E-state index in [0.717, 1.165) is 16.6 Å². The third-order valence-electron chi connectivity index (χ3n) is 1.58. The highest BCUT2D eigenvalue weighted by atomic mass is 31.1. The molecule has 0 bridgehead atoms. The first-order chi connectivity index (χ1) is 5.79. The molecular weight excluding hydrogens is 171 g/mol. The van der Waals surface area contributed by atoms with Crippen LogP contribution in [0.2, 0.25) is 0 Å². The molecule has 0 aromatic heterocycles. The molecule has 0 aliphatic heterocycles. The van der Waals surface area contributed by atoms with Gasteiger partial charge in [0.15, 0.2) is 8.46 Å². The summed E-state index contributed by atoms with van der Waals surface area (Å²) in [6.07, 6.45) is 0. The Labute approximate surface area is 73.8 Å². The van der Waals surface area contributed by atoms with Gasteiger partial charge in [-0.25, -0.2) is 0 Å². The molecule has 0 atom stereocenters. The minimum Gasteiger partial charge on any atom is -0.492 e. The Morgan fingerprint density at radius 2 is 2.25 bits per heavy atom. The number of benzene rings is 1. The summed E-state index contributed by atoms with van der Waals surface area (Å²) in [5.41, 5.74) is 1.03. The summed E-state index contributed by atoms with van der Waals surface area (Å²) < 4.78 is 16.0. The molecule has 0 N–H and O–H groups in total. The van der Waals surface area contributed by atoms with Crippen molar-refractivity contribution in [1.29, 1.82) is 0 Å². The van der Waals surface area contributed by atoms with Gasteiger partial charge in [-0.15, -0.1) is 0 Å². The fraction of sp³-hybridized carbons (Fsp3) is 0.333. The van der Waals surface area contributed by atoms with Gasteiger partial charge in [0.2, 0.25) is 0 Å². The quantitative estimate of drug-likeness (QED) is 0.670. The topological polar surface area (TPSA) is 26.3 Å². The van der Waals surface area contributed by atoms with E-state index >= 15 is 0 Å². The number of ether oxygens (including phenoxy) is 1. The van der Waals surface area contributed by atoms with Crippen molar-refractivity contribution in [3.05, 3.63) is 23.8 Å². The van der Waals surface area contributed by atoms with Crippen LogP contribution in [-0.2, 0) is 4.57 Å². The van der Waals surface area contributed by atoms with Crippen LogP contribution in [0.25, 0.3) is 0 Å². The molecule has 0 heterocycles. The van der Waals surface area contributed by atoms with Crippen LogP contribution in [0, 0.1) is 6.92 Å². The first-order valence-corrected chi connectivity index (χ1v) is 4.66. The van der Waals surface area contributed by atoms with Crippen LogP contribution in [0.5, 0.6) is 5.75 Å². The van der Waals surface area contributed by atoms with E-state index in [1.807, 2.05) is 26.0 Å². The fourth-order valence-electron chi connectivity index (χ4n) is 1.04. The van der Waals surface area contributed by atoms with Crippen molar-refractivity contribution in [2.75, 3.05) is 6.61 Å². The number of rotatable bonds is 3. The number of para-hydroxylation sites is 1. The van der Waals surface area contributed by atoms with Crippen LogP contribution >= 0.6 is 8.46 Å². The van der Waals surface area contributed by atoms with Gasteiger partial charge in [0, 0.05) is 0 Å². The van der Waals surface area contributed by atoms with Crippen molar-refractivity contribution in [2.45, 2.75) is 13.8 Å². The summed E-state index contributed by atoms with van der Waals surface area (Å²) >= 11 is 0. The standard InChI is InChI=1S/C9H11O2P/c1-3-11-9-7(2)5-4-6-8(9)12-10/h4-6H,3H2,1-2H3. The lowest BCUT2D eigenvalue weighted by atomic mass is 10.2. The number of aryl methyl sites for hydroxylation is 1. The van der Waals surface area contributed by atoms with Crippen LogP contribution in [0.15, 0.2) is 18.2 Å². The molecule has 2 nitrogen and oxygen atoms in total. The van der Waals surface area contributed by atoms with Gasteiger partial charge in [-0.3, -0.25) is 4.57 Å². The maximum absolute atomic E-state index is 10.7. The lowest BCUT2D eigenvalue weighted by Crippen LogP contribution is -2.04. The van der Waals surface area contributed by atoms with Crippen molar-refractivity contribution in [2.24, 2.45) is 0 Å². The first kappa shape index (κ1) is 9.21. The van der Waals surface area contributed by atoms with Crippen molar-refractivity contribution in [3.63, 3.8) is 0 Å². The average Bonchev–Trinajstić information content (AvgIpc) is 2.09. The maximum atomic E-state index is 10.7.